The van der Waals surface area contributed by atoms with Crippen LogP contribution in [0, 0.1) is 0 Å². The van der Waals surface area contributed by atoms with E-state index in [0.29, 0.717) is 0 Å². The van der Waals surface area contributed by atoms with Gasteiger partial charge in [-0.05, 0) is 25.1 Å². The lowest BCUT2D eigenvalue weighted by Crippen LogP contribution is -2.47. The SMILES string of the molecule is CCCN1CCOC(C(N)c2ccco2)C1. The molecule has 1 fully saturated rings. The molecule has 4 heteroatoms. The Balaban J connectivity index is 1.93. The maximum absolute atomic E-state index is 6.13. The minimum absolute atomic E-state index is 0.0476. The van der Waals surface area contributed by atoms with E-state index in [9.17, 15) is 0 Å². The van der Waals surface area contributed by atoms with Crippen LogP contribution in [0.15, 0.2) is 22.8 Å². The summed E-state index contributed by atoms with van der Waals surface area (Å²) in [4.78, 5) is 2.40. The fourth-order valence-corrected chi connectivity index (χ4v) is 2.13. The maximum Gasteiger partial charge on any atom is 0.123 e. The van der Waals surface area contributed by atoms with Gasteiger partial charge < -0.3 is 14.9 Å². The molecule has 0 amide bonds. The first-order valence-corrected chi connectivity index (χ1v) is 5.94. The molecule has 1 saturated heterocycles. The van der Waals surface area contributed by atoms with Crippen molar-refractivity contribution in [2.75, 3.05) is 26.2 Å². The van der Waals surface area contributed by atoms with E-state index >= 15 is 0 Å². The first-order chi connectivity index (χ1) is 7.81. The molecule has 1 aliphatic rings. The first-order valence-electron chi connectivity index (χ1n) is 5.94. The summed E-state index contributed by atoms with van der Waals surface area (Å²) in [6.07, 6.45) is 2.87. The minimum atomic E-state index is -0.158. The molecule has 4 nitrogen and oxygen atoms in total. The van der Waals surface area contributed by atoms with Gasteiger partial charge in [0.25, 0.3) is 0 Å². The average Bonchev–Trinajstić information content (AvgIpc) is 2.82. The van der Waals surface area contributed by atoms with E-state index in [2.05, 4.69) is 11.8 Å². The van der Waals surface area contributed by atoms with Crippen molar-refractivity contribution < 1.29 is 9.15 Å². The Morgan fingerprint density at radius 3 is 3.19 bits per heavy atom. The number of rotatable bonds is 4. The molecule has 0 bridgehead atoms. The monoisotopic (exact) mass is 224 g/mol. The van der Waals surface area contributed by atoms with Crippen molar-refractivity contribution in [1.82, 2.24) is 4.90 Å². The number of ether oxygens (including phenoxy) is 1. The molecule has 1 aromatic rings. The summed E-state index contributed by atoms with van der Waals surface area (Å²) in [5.74, 6) is 0.809. The third-order valence-corrected chi connectivity index (χ3v) is 2.99. The second-order valence-electron chi connectivity index (χ2n) is 4.25. The van der Waals surface area contributed by atoms with Crippen molar-refractivity contribution in [2.45, 2.75) is 25.5 Å². The Morgan fingerprint density at radius 1 is 1.62 bits per heavy atom. The lowest BCUT2D eigenvalue weighted by Gasteiger charge is -2.34. The van der Waals surface area contributed by atoms with E-state index in [4.69, 9.17) is 14.9 Å². The van der Waals surface area contributed by atoms with Crippen molar-refractivity contribution in [3.63, 3.8) is 0 Å². The molecule has 0 spiro atoms. The lowest BCUT2D eigenvalue weighted by atomic mass is 10.1. The van der Waals surface area contributed by atoms with Gasteiger partial charge in [0.1, 0.15) is 5.76 Å². The molecule has 1 aliphatic heterocycles. The van der Waals surface area contributed by atoms with Gasteiger partial charge >= 0.3 is 0 Å². The molecule has 2 rings (SSSR count). The fraction of sp³-hybridized carbons (Fsp3) is 0.667. The molecule has 2 heterocycles. The highest BCUT2D eigenvalue weighted by Crippen LogP contribution is 2.20. The van der Waals surface area contributed by atoms with Gasteiger partial charge in [0.15, 0.2) is 0 Å². The first kappa shape index (κ1) is 11.6. The van der Waals surface area contributed by atoms with Crippen LogP contribution in [-0.2, 0) is 4.74 Å². The van der Waals surface area contributed by atoms with E-state index in [1.807, 2.05) is 12.1 Å². The van der Waals surface area contributed by atoms with Crippen molar-refractivity contribution in [1.29, 1.82) is 0 Å². The lowest BCUT2D eigenvalue weighted by molar-refractivity contribution is -0.0436. The molecular weight excluding hydrogens is 204 g/mol. The largest absolute Gasteiger partial charge is 0.468 e. The van der Waals surface area contributed by atoms with Gasteiger partial charge in [0.2, 0.25) is 0 Å². The number of nitrogens with two attached hydrogens (primary N) is 1. The molecule has 90 valence electrons. The Labute approximate surface area is 96.4 Å². The van der Waals surface area contributed by atoms with E-state index in [0.717, 1.165) is 32.0 Å². The maximum atomic E-state index is 6.13. The Morgan fingerprint density at radius 2 is 2.50 bits per heavy atom. The zero-order chi connectivity index (χ0) is 11.4. The van der Waals surface area contributed by atoms with E-state index in [1.165, 1.54) is 6.42 Å². The third-order valence-electron chi connectivity index (χ3n) is 2.99. The van der Waals surface area contributed by atoms with Gasteiger partial charge in [-0.3, -0.25) is 4.90 Å². The van der Waals surface area contributed by atoms with Gasteiger partial charge in [-0.25, -0.2) is 0 Å². The predicted molar refractivity (Wildman–Crippen MR) is 62.1 cm³/mol. The Kier molecular flexibility index (Phi) is 3.98. The van der Waals surface area contributed by atoms with Gasteiger partial charge in [0.05, 0.1) is 25.0 Å². The van der Waals surface area contributed by atoms with Crippen molar-refractivity contribution in [3.8, 4) is 0 Å². The van der Waals surface area contributed by atoms with Crippen LogP contribution in [0.1, 0.15) is 25.1 Å². The molecule has 0 aromatic carbocycles. The summed E-state index contributed by atoms with van der Waals surface area (Å²) < 4.78 is 11.0. The predicted octanol–water partition coefficient (Wildman–Crippen LogP) is 1.39. The van der Waals surface area contributed by atoms with Crippen molar-refractivity contribution >= 4 is 0 Å². The number of hydrogen-bond acceptors (Lipinski definition) is 4. The molecule has 2 unspecified atom stereocenters. The molecule has 2 atom stereocenters. The van der Waals surface area contributed by atoms with Crippen LogP contribution >= 0.6 is 0 Å². The smallest absolute Gasteiger partial charge is 0.123 e. The number of furan rings is 1. The van der Waals surface area contributed by atoms with Crippen LogP contribution in [-0.4, -0.2) is 37.2 Å². The summed E-state index contributed by atoms with van der Waals surface area (Å²) in [6, 6.07) is 3.61. The zero-order valence-electron chi connectivity index (χ0n) is 9.76. The van der Waals surface area contributed by atoms with Crippen LogP contribution < -0.4 is 5.73 Å². The van der Waals surface area contributed by atoms with Crippen molar-refractivity contribution in [3.05, 3.63) is 24.2 Å². The normalized spacial score (nSPS) is 24.5. The number of nitrogens with zero attached hydrogens (tertiary/aromatic N) is 1. The summed E-state index contributed by atoms with van der Waals surface area (Å²) in [6.45, 7) is 5.98. The summed E-state index contributed by atoms with van der Waals surface area (Å²) in [5, 5.41) is 0. The highest BCUT2D eigenvalue weighted by molar-refractivity contribution is 5.06. The van der Waals surface area contributed by atoms with Crippen LogP contribution in [0.25, 0.3) is 0 Å². The quantitative estimate of drug-likeness (QED) is 0.839. The van der Waals surface area contributed by atoms with E-state index in [1.54, 1.807) is 6.26 Å². The van der Waals surface area contributed by atoms with Gasteiger partial charge in [-0.1, -0.05) is 6.92 Å². The topological polar surface area (TPSA) is 51.6 Å². The molecule has 0 radical (unpaired) electrons. The van der Waals surface area contributed by atoms with Crippen LogP contribution in [0.3, 0.4) is 0 Å². The summed E-state index contributed by atoms with van der Waals surface area (Å²) in [5.41, 5.74) is 6.13. The summed E-state index contributed by atoms with van der Waals surface area (Å²) in [7, 11) is 0. The fourth-order valence-electron chi connectivity index (χ4n) is 2.13. The van der Waals surface area contributed by atoms with Crippen LogP contribution in [0.5, 0.6) is 0 Å². The molecule has 0 aliphatic carbocycles. The van der Waals surface area contributed by atoms with Gasteiger partial charge in [0, 0.05) is 13.1 Å². The standard InChI is InChI=1S/C12H20N2O2/c1-2-5-14-6-8-16-11(9-14)12(13)10-4-3-7-15-10/h3-4,7,11-12H,2,5-6,8-9,13H2,1H3. The van der Waals surface area contributed by atoms with Gasteiger partial charge in [-0.15, -0.1) is 0 Å². The highest BCUT2D eigenvalue weighted by Gasteiger charge is 2.27. The minimum Gasteiger partial charge on any atom is -0.468 e. The second kappa shape index (κ2) is 5.48. The molecular formula is C12H20N2O2. The zero-order valence-corrected chi connectivity index (χ0v) is 9.76. The summed E-state index contributed by atoms with van der Waals surface area (Å²) >= 11 is 0. The molecule has 2 N–H and O–H groups in total. The average molecular weight is 224 g/mol. The highest BCUT2D eigenvalue weighted by atomic mass is 16.5. The van der Waals surface area contributed by atoms with E-state index in [-0.39, 0.29) is 12.1 Å². The molecule has 0 saturated carbocycles. The van der Waals surface area contributed by atoms with E-state index < -0.39 is 0 Å². The number of morpholine rings is 1. The Bertz CT molecular complexity index is 298. The van der Waals surface area contributed by atoms with Crippen LogP contribution in [0.2, 0.25) is 0 Å². The second-order valence-corrected chi connectivity index (χ2v) is 4.25. The van der Waals surface area contributed by atoms with Crippen LogP contribution in [0.4, 0.5) is 0 Å². The van der Waals surface area contributed by atoms with Gasteiger partial charge in [-0.2, -0.15) is 0 Å². The van der Waals surface area contributed by atoms with Crippen molar-refractivity contribution in [2.24, 2.45) is 5.73 Å². The Hall–Kier alpha value is -0.840. The molecule has 16 heavy (non-hydrogen) atoms. The molecule has 1 aromatic heterocycles. The number of hydrogen-bond donors (Lipinski definition) is 1. The third kappa shape index (κ3) is 2.64.